The number of aromatic nitrogens is 1. The Bertz CT molecular complexity index is 569. The average Bonchev–Trinajstić information content (AvgIpc) is 2.39. The molecule has 1 unspecified atom stereocenters. The van der Waals surface area contributed by atoms with Gasteiger partial charge in [0, 0.05) is 6.20 Å². The van der Waals surface area contributed by atoms with Crippen molar-refractivity contribution in [2.75, 3.05) is 0 Å². The van der Waals surface area contributed by atoms with Crippen molar-refractivity contribution in [3.05, 3.63) is 64.7 Å². The molecular weight excluding hydrogens is 241 g/mol. The van der Waals surface area contributed by atoms with Gasteiger partial charge in [-0.2, -0.15) is 0 Å². The second-order valence-electron chi connectivity index (χ2n) is 4.79. The number of aryl methyl sites for hydroxylation is 2. The summed E-state index contributed by atoms with van der Waals surface area (Å²) in [4.78, 5) is 3.86. The van der Waals surface area contributed by atoms with E-state index in [0.29, 0.717) is 6.42 Å². The highest BCUT2D eigenvalue weighted by atomic mass is 19.1. The van der Waals surface area contributed by atoms with Crippen molar-refractivity contribution in [2.45, 2.75) is 26.3 Å². The number of benzene rings is 1. The molecule has 100 valence electrons. The molecule has 1 aromatic heterocycles. The lowest BCUT2D eigenvalue weighted by Gasteiger charge is -2.17. The van der Waals surface area contributed by atoms with E-state index in [1.807, 2.05) is 0 Å². The molecule has 0 bridgehead atoms. The highest BCUT2D eigenvalue weighted by Gasteiger charge is 2.13. The summed E-state index contributed by atoms with van der Waals surface area (Å²) in [7, 11) is 0. The number of halogens is 1. The minimum atomic E-state index is -0.348. The topological polar surface area (TPSA) is 50.9 Å². The van der Waals surface area contributed by atoms with Gasteiger partial charge in [0.1, 0.15) is 5.82 Å². The first-order valence-electron chi connectivity index (χ1n) is 6.23. The fourth-order valence-corrected chi connectivity index (χ4v) is 2.13. The smallest absolute Gasteiger partial charge is 0.141 e. The van der Waals surface area contributed by atoms with Crippen molar-refractivity contribution in [3.8, 4) is 0 Å². The standard InChI is InChI=1S/C15H18FN3/c1-10-3-4-11(2)12(5-10)7-15(19-17)13-6-14(16)9-18-8-13/h3-6,8-9,15,19H,7,17H2,1-2H3. The maximum absolute atomic E-state index is 13.2. The molecule has 0 fully saturated rings. The highest BCUT2D eigenvalue weighted by molar-refractivity contribution is 5.32. The molecule has 0 aliphatic heterocycles. The predicted molar refractivity (Wildman–Crippen MR) is 73.9 cm³/mol. The number of hydrogen-bond donors (Lipinski definition) is 2. The highest BCUT2D eigenvalue weighted by Crippen LogP contribution is 2.20. The van der Waals surface area contributed by atoms with Gasteiger partial charge in [0.25, 0.3) is 0 Å². The third kappa shape index (κ3) is 3.36. The van der Waals surface area contributed by atoms with Gasteiger partial charge in [-0.25, -0.2) is 4.39 Å². The minimum absolute atomic E-state index is 0.149. The van der Waals surface area contributed by atoms with Crippen molar-refractivity contribution in [1.29, 1.82) is 0 Å². The molecular formula is C15H18FN3. The van der Waals surface area contributed by atoms with Crippen LogP contribution in [0.1, 0.15) is 28.3 Å². The molecule has 0 aliphatic rings. The molecule has 0 spiro atoms. The lowest BCUT2D eigenvalue weighted by atomic mass is 9.96. The summed E-state index contributed by atoms with van der Waals surface area (Å²) in [6.45, 7) is 4.11. The van der Waals surface area contributed by atoms with Crippen LogP contribution in [-0.4, -0.2) is 4.98 Å². The van der Waals surface area contributed by atoms with Crippen LogP contribution in [0.4, 0.5) is 4.39 Å². The second kappa shape index (κ2) is 5.91. The molecule has 0 aliphatic carbocycles. The Morgan fingerprint density at radius 1 is 1.26 bits per heavy atom. The summed E-state index contributed by atoms with van der Waals surface area (Å²) < 4.78 is 13.2. The number of hydrazine groups is 1. The first-order valence-corrected chi connectivity index (χ1v) is 6.23. The zero-order chi connectivity index (χ0) is 13.8. The van der Waals surface area contributed by atoms with Gasteiger partial charge < -0.3 is 0 Å². The minimum Gasteiger partial charge on any atom is -0.271 e. The van der Waals surface area contributed by atoms with Crippen LogP contribution in [-0.2, 0) is 6.42 Å². The molecule has 3 nitrogen and oxygen atoms in total. The largest absolute Gasteiger partial charge is 0.271 e. The lowest BCUT2D eigenvalue weighted by Crippen LogP contribution is -2.30. The van der Waals surface area contributed by atoms with Crippen LogP contribution < -0.4 is 11.3 Å². The first-order chi connectivity index (χ1) is 9.10. The molecule has 2 rings (SSSR count). The van der Waals surface area contributed by atoms with Crippen LogP contribution in [0.25, 0.3) is 0 Å². The zero-order valence-electron chi connectivity index (χ0n) is 11.2. The summed E-state index contributed by atoms with van der Waals surface area (Å²) in [6, 6.07) is 7.61. The maximum atomic E-state index is 13.2. The first kappa shape index (κ1) is 13.6. The van der Waals surface area contributed by atoms with Gasteiger partial charge in [-0.15, -0.1) is 0 Å². The van der Waals surface area contributed by atoms with Crippen LogP contribution >= 0.6 is 0 Å². The molecule has 2 aromatic rings. The Balaban J connectivity index is 2.26. The van der Waals surface area contributed by atoms with Gasteiger partial charge >= 0.3 is 0 Å². The van der Waals surface area contributed by atoms with Gasteiger partial charge in [-0.3, -0.25) is 16.3 Å². The molecule has 0 saturated heterocycles. The van der Waals surface area contributed by atoms with E-state index in [4.69, 9.17) is 5.84 Å². The summed E-state index contributed by atoms with van der Waals surface area (Å²) in [6.07, 6.45) is 3.53. The van der Waals surface area contributed by atoms with E-state index in [1.54, 1.807) is 6.20 Å². The zero-order valence-corrected chi connectivity index (χ0v) is 11.2. The maximum Gasteiger partial charge on any atom is 0.141 e. The fourth-order valence-electron chi connectivity index (χ4n) is 2.13. The van der Waals surface area contributed by atoms with Crippen molar-refractivity contribution >= 4 is 0 Å². The number of pyridine rings is 1. The summed E-state index contributed by atoms with van der Waals surface area (Å²) in [5.41, 5.74) is 7.09. The van der Waals surface area contributed by atoms with E-state index >= 15 is 0 Å². The van der Waals surface area contributed by atoms with Gasteiger partial charge in [0.15, 0.2) is 0 Å². The average molecular weight is 259 g/mol. The van der Waals surface area contributed by atoms with Gasteiger partial charge in [0.05, 0.1) is 12.2 Å². The Hall–Kier alpha value is -1.78. The number of nitrogens with zero attached hydrogens (tertiary/aromatic N) is 1. The van der Waals surface area contributed by atoms with Crippen molar-refractivity contribution in [2.24, 2.45) is 5.84 Å². The molecule has 19 heavy (non-hydrogen) atoms. The van der Waals surface area contributed by atoms with E-state index in [0.717, 1.165) is 5.56 Å². The van der Waals surface area contributed by atoms with E-state index in [1.165, 1.54) is 29.0 Å². The molecule has 3 N–H and O–H groups in total. The molecule has 0 radical (unpaired) electrons. The van der Waals surface area contributed by atoms with E-state index in [-0.39, 0.29) is 11.9 Å². The monoisotopic (exact) mass is 259 g/mol. The lowest BCUT2D eigenvalue weighted by molar-refractivity contribution is 0.540. The predicted octanol–water partition coefficient (Wildman–Crippen LogP) is 2.58. The summed E-state index contributed by atoms with van der Waals surface area (Å²) in [5, 5.41) is 0. The van der Waals surface area contributed by atoms with Crippen LogP contribution in [0, 0.1) is 19.7 Å². The van der Waals surface area contributed by atoms with Crippen LogP contribution in [0.2, 0.25) is 0 Å². The summed E-state index contributed by atoms with van der Waals surface area (Å²) in [5.74, 6) is 5.24. The van der Waals surface area contributed by atoms with Crippen LogP contribution in [0.3, 0.4) is 0 Å². The van der Waals surface area contributed by atoms with Crippen molar-refractivity contribution < 1.29 is 4.39 Å². The molecule has 0 amide bonds. The number of hydrogen-bond acceptors (Lipinski definition) is 3. The van der Waals surface area contributed by atoms with E-state index in [9.17, 15) is 4.39 Å². The number of nitrogens with two attached hydrogens (primary N) is 1. The quantitative estimate of drug-likeness (QED) is 0.655. The van der Waals surface area contributed by atoms with Crippen molar-refractivity contribution in [1.82, 2.24) is 10.4 Å². The molecule has 0 saturated carbocycles. The Morgan fingerprint density at radius 3 is 2.74 bits per heavy atom. The molecule has 4 heteroatoms. The van der Waals surface area contributed by atoms with Gasteiger partial charge in [0.2, 0.25) is 0 Å². The summed E-state index contributed by atoms with van der Waals surface area (Å²) >= 11 is 0. The fraction of sp³-hybridized carbons (Fsp3) is 0.267. The van der Waals surface area contributed by atoms with Crippen molar-refractivity contribution in [3.63, 3.8) is 0 Å². The second-order valence-corrected chi connectivity index (χ2v) is 4.79. The molecule has 1 atom stereocenters. The third-order valence-electron chi connectivity index (χ3n) is 3.26. The Labute approximate surface area is 112 Å². The molecule has 1 heterocycles. The Kier molecular flexibility index (Phi) is 4.24. The van der Waals surface area contributed by atoms with Gasteiger partial charge in [-0.05, 0) is 43.0 Å². The third-order valence-corrected chi connectivity index (χ3v) is 3.26. The number of nitrogens with one attached hydrogen (secondary N) is 1. The van der Waals surface area contributed by atoms with Crippen LogP contribution in [0.15, 0.2) is 36.7 Å². The van der Waals surface area contributed by atoms with Gasteiger partial charge in [-0.1, -0.05) is 23.8 Å². The SMILES string of the molecule is Cc1ccc(C)c(CC(NN)c2cncc(F)c2)c1. The van der Waals surface area contributed by atoms with E-state index in [2.05, 4.69) is 42.5 Å². The number of rotatable bonds is 4. The Morgan fingerprint density at radius 2 is 2.05 bits per heavy atom. The van der Waals surface area contributed by atoms with Crippen LogP contribution in [0.5, 0.6) is 0 Å². The van der Waals surface area contributed by atoms with E-state index < -0.39 is 0 Å². The molecule has 1 aromatic carbocycles. The normalized spacial score (nSPS) is 12.4.